The van der Waals surface area contributed by atoms with E-state index in [2.05, 4.69) is 45.9 Å². The Labute approximate surface area is 270 Å². The fourth-order valence-corrected chi connectivity index (χ4v) is 4.42. The third-order valence-electron chi connectivity index (χ3n) is 6.77. The molecule has 0 bridgehead atoms. The first-order chi connectivity index (χ1) is 22.0. The number of aromatic amines is 2. The lowest BCUT2D eigenvalue weighted by molar-refractivity contribution is 0.112. The molecule has 1 atom stereocenters. The highest BCUT2D eigenvalue weighted by Gasteiger charge is 2.12. The smallest absolute Gasteiger partial charge is 0.150 e. The number of carbonyl (C=O) groups is 1. The van der Waals surface area contributed by atoms with Crippen LogP contribution in [-0.2, 0) is 6.42 Å². The number of aldehydes is 1. The highest BCUT2D eigenvalue weighted by atomic mass is 16.5. The van der Waals surface area contributed by atoms with Crippen molar-refractivity contribution in [3.8, 4) is 17.6 Å². The maximum atomic E-state index is 10.3. The van der Waals surface area contributed by atoms with Gasteiger partial charge in [-0.3, -0.25) is 4.79 Å². The van der Waals surface area contributed by atoms with Gasteiger partial charge in [-0.05, 0) is 97.1 Å². The van der Waals surface area contributed by atoms with Gasteiger partial charge in [0.15, 0.2) is 0 Å². The van der Waals surface area contributed by atoms with Crippen LogP contribution in [0.25, 0.3) is 22.1 Å². The van der Waals surface area contributed by atoms with E-state index in [-0.39, 0.29) is 13.3 Å². The molecule has 6 aromatic rings. The Kier molecular flexibility index (Phi) is 13.8. The van der Waals surface area contributed by atoms with E-state index in [1.54, 1.807) is 36.9 Å². The second kappa shape index (κ2) is 18.2. The first-order valence-electron chi connectivity index (χ1n) is 14.9. The summed E-state index contributed by atoms with van der Waals surface area (Å²) in [6.07, 6.45) is 6.83. The summed E-state index contributed by atoms with van der Waals surface area (Å²) in [6, 6.07) is 29.0. The molecule has 0 aliphatic rings. The van der Waals surface area contributed by atoms with Crippen molar-refractivity contribution in [2.75, 3.05) is 18.9 Å². The molecule has 9 nitrogen and oxygen atoms in total. The van der Waals surface area contributed by atoms with Crippen LogP contribution in [0.15, 0.2) is 97.6 Å². The standard InChI is InChI=1S/C19H19N3O.C10H12O2.C7H7N3.CH4/c1-2-9-23-17-6-4-15(5-7-17)16(12-20)10-14-3-8-18-19(11-14)22-13-21-18;1-2-7-12-10-5-3-9(8-11)4-6-10;8-5-1-2-6-7(3-5)10-4-9-6;/h3-8,11,13,16H,2,9-10H2,1H3,(H,21,22);3-6,8H,2,7H2,1H3;1-4H,8H2,(H,9,10);1H4/i13+2;;4+2;. The fraction of sp³-hybridized carbons (Fsp3) is 0.243. The van der Waals surface area contributed by atoms with Crippen molar-refractivity contribution < 1.29 is 14.3 Å². The lowest BCUT2D eigenvalue weighted by Gasteiger charge is -2.11. The molecule has 6 rings (SSSR count). The molecule has 4 aromatic carbocycles. The molecule has 0 saturated heterocycles. The van der Waals surface area contributed by atoms with Gasteiger partial charge in [0.2, 0.25) is 0 Å². The number of imidazole rings is 2. The van der Waals surface area contributed by atoms with Crippen molar-refractivity contribution in [1.29, 1.82) is 5.26 Å². The molecule has 9 heteroatoms. The summed E-state index contributed by atoms with van der Waals surface area (Å²) in [6.45, 7) is 5.57. The van der Waals surface area contributed by atoms with Gasteiger partial charge in [0, 0.05) is 11.3 Å². The number of rotatable bonds is 10. The number of ether oxygens (including phenoxy) is 2. The van der Waals surface area contributed by atoms with Crippen LogP contribution in [0.2, 0.25) is 0 Å². The molecule has 238 valence electrons. The van der Waals surface area contributed by atoms with E-state index in [1.807, 2.05) is 54.6 Å². The largest absolute Gasteiger partial charge is 0.494 e. The van der Waals surface area contributed by atoms with Gasteiger partial charge in [0.05, 0.1) is 59.9 Å². The zero-order valence-corrected chi connectivity index (χ0v) is 25.6. The van der Waals surface area contributed by atoms with E-state index in [1.165, 1.54) is 0 Å². The SMILES string of the molecule is C.CCCOc1ccc(C(C#N)Cc2ccc3n[14cH][nH]c3c2)cc1.CCCOc1ccc(C=O)cc1.Nc1ccc2n[14cH][nH]c2c1. The van der Waals surface area contributed by atoms with Crippen LogP contribution in [0.5, 0.6) is 11.5 Å². The van der Waals surface area contributed by atoms with Gasteiger partial charge >= 0.3 is 0 Å². The molecule has 0 spiro atoms. The van der Waals surface area contributed by atoms with E-state index in [0.717, 1.165) is 76.1 Å². The van der Waals surface area contributed by atoms with Gasteiger partial charge in [-0.25, -0.2) is 9.97 Å². The Hall–Kier alpha value is -5.62. The normalized spacial score (nSPS) is 10.7. The van der Waals surface area contributed by atoms with Crippen LogP contribution < -0.4 is 15.2 Å². The minimum atomic E-state index is -0.171. The Morgan fingerprint density at radius 3 is 1.91 bits per heavy atom. The summed E-state index contributed by atoms with van der Waals surface area (Å²) in [5.41, 5.74) is 13.0. The monoisotopic (exact) mass is 622 g/mol. The van der Waals surface area contributed by atoms with Gasteiger partial charge in [-0.15, -0.1) is 0 Å². The number of nitrogens with zero attached hydrogens (tertiary/aromatic N) is 3. The highest BCUT2D eigenvalue weighted by molar-refractivity contribution is 5.78. The molecule has 2 aromatic heterocycles. The number of aromatic nitrogens is 4. The molecule has 0 fully saturated rings. The predicted octanol–water partition coefficient (Wildman–Crippen LogP) is 8.27. The summed E-state index contributed by atoms with van der Waals surface area (Å²) >= 11 is 0. The van der Waals surface area contributed by atoms with Crippen LogP contribution in [0.3, 0.4) is 0 Å². The minimum absolute atomic E-state index is 0. The van der Waals surface area contributed by atoms with Gasteiger partial charge in [0.1, 0.15) is 17.8 Å². The second-order valence-corrected chi connectivity index (χ2v) is 10.3. The topological polar surface area (TPSA) is 143 Å². The number of carbonyl (C=O) groups excluding carboxylic acids is 1. The Morgan fingerprint density at radius 2 is 1.37 bits per heavy atom. The molecule has 0 aliphatic heterocycles. The summed E-state index contributed by atoms with van der Waals surface area (Å²) in [5, 5.41) is 9.52. The number of nitrogens with two attached hydrogens (primary N) is 1. The molecular weight excluding hydrogens is 580 g/mol. The van der Waals surface area contributed by atoms with Crippen molar-refractivity contribution in [3.05, 3.63) is 114 Å². The number of nitrogen functional groups attached to an aromatic ring is 1. The first-order valence-corrected chi connectivity index (χ1v) is 14.9. The zero-order chi connectivity index (χ0) is 31.9. The Bertz CT molecular complexity index is 1800. The second-order valence-electron chi connectivity index (χ2n) is 10.3. The number of hydrogen-bond acceptors (Lipinski definition) is 7. The summed E-state index contributed by atoms with van der Waals surface area (Å²) in [7, 11) is 0. The van der Waals surface area contributed by atoms with Crippen molar-refractivity contribution in [3.63, 3.8) is 0 Å². The predicted molar refractivity (Wildman–Crippen MR) is 185 cm³/mol. The van der Waals surface area contributed by atoms with Gasteiger partial charge in [0.25, 0.3) is 0 Å². The van der Waals surface area contributed by atoms with E-state index < -0.39 is 0 Å². The number of nitriles is 1. The van der Waals surface area contributed by atoms with Crippen LogP contribution in [0.1, 0.15) is 61.5 Å². The molecule has 4 N–H and O–H groups in total. The Balaban J connectivity index is 0.000000209. The average molecular weight is 623 g/mol. The van der Waals surface area contributed by atoms with Crippen molar-refractivity contribution in [1.82, 2.24) is 19.9 Å². The first kappa shape index (κ1) is 34.9. The van der Waals surface area contributed by atoms with E-state index in [0.29, 0.717) is 18.6 Å². The number of nitrogens with one attached hydrogen (secondary N) is 2. The van der Waals surface area contributed by atoms with Crippen LogP contribution in [0, 0.1) is 11.3 Å². The number of hydrogen-bond donors (Lipinski definition) is 3. The van der Waals surface area contributed by atoms with Gasteiger partial charge in [-0.2, -0.15) is 5.26 Å². The summed E-state index contributed by atoms with van der Waals surface area (Å²) in [4.78, 5) is 24.6. The van der Waals surface area contributed by atoms with Crippen molar-refractivity contribution in [2.45, 2.75) is 46.5 Å². The number of H-pyrrole nitrogens is 2. The number of benzene rings is 4. The third kappa shape index (κ3) is 10.2. The zero-order valence-electron chi connectivity index (χ0n) is 25.6. The molecule has 1 unspecified atom stereocenters. The van der Waals surface area contributed by atoms with Gasteiger partial charge in [-0.1, -0.05) is 39.5 Å². The molecule has 2 heterocycles. The summed E-state index contributed by atoms with van der Waals surface area (Å²) in [5.74, 6) is 1.50. The molecule has 46 heavy (non-hydrogen) atoms. The molecule has 0 saturated carbocycles. The van der Waals surface area contributed by atoms with E-state index in [9.17, 15) is 10.1 Å². The molecular formula is C37H42N6O3. The third-order valence-corrected chi connectivity index (χ3v) is 6.77. The van der Waals surface area contributed by atoms with Gasteiger partial charge < -0.3 is 25.2 Å². The molecule has 0 radical (unpaired) electrons. The number of anilines is 1. The minimum Gasteiger partial charge on any atom is -0.494 e. The van der Waals surface area contributed by atoms with Crippen molar-refractivity contribution >= 4 is 34.0 Å². The quantitative estimate of drug-likeness (QED) is 0.103. The maximum Gasteiger partial charge on any atom is 0.150 e. The lowest BCUT2D eigenvalue weighted by atomic mass is 9.93. The molecule has 0 amide bonds. The van der Waals surface area contributed by atoms with E-state index in [4.69, 9.17) is 15.2 Å². The molecule has 0 aliphatic carbocycles. The van der Waals surface area contributed by atoms with Crippen LogP contribution in [-0.4, -0.2) is 39.4 Å². The number of fused-ring (bicyclic) bond motifs is 2. The highest BCUT2D eigenvalue weighted by Crippen LogP contribution is 2.24. The lowest BCUT2D eigenvalue weighted by Crippen LogP contribution is -2.01. The van der Waals surface area contributed by atoms with Crippen LogP contribution in [0.4, 0.5) is 5.69 Å². The average Bonchev–Trinajstić information content (AvgIpc) is 3.75. The fourth-order valence-electron chi connectivity index (χ4n) is 4.42. The maximum absolute atomic E-state index is 10.3. The van der Waals surface area contributed by atoms with Crippen LogP contribution >= 0.6 is 0 Å². The summed E-state index contributed by atoms with van der Waals surface area (Å²) < 4.78 is 10.9. The van der Waals surface area contributed by atoms with E-state index >= 15 is 0 Å². The Morgan fingerprint density at radius 1 is 0.826 bits per heavy atom. The van der Waals surface area contributed by atoms with Crippen molar-refractivity contribution in [2.24, 2.45) is 0 Å².